The van der Waals surface area contributed by atoms with Gasteiger partial charge in [-0.05, 0) is 49.4 Å². The topological polar surface area (TPSA) is 58.2 Å². The second-order valence-electron chi connectivity index (χ2n) is 6.01. The van der Waals surface area contributed by atoms with Crippen molar-refractivity contribution in [2.24, 2.45) is 5.92 Å². The molecule has 0 unspecified atom stereocenters. The van der Waals surface area contributed by atoms with Crippen LogP contribution in [0, 0.1) is 19.8 Å². The summed E-state index contributed by atoms with van der Waals surface area (Å²) in [5.41, 5.74) is 7.58. The third-order valence-corrected chi connectivity index (χ3v) is 4.64. The SMILES string of the molecule is Cc1ccccc1C(=O)NNC(=O)c1cc(CC(C)C)c(C)s1. The minimum Gasteiger partial charge on any atom is -0.267 e. The van der Waals surface area contributed by atoms with Gasteiger partial charge in [-0.3, -0.25) is 20.4 Å². The van der Waals surface area contributed by atoms with Gasteiger partial charge in [0, 0.05) is 10.4 Å². The maximum absolute atomic E-state index is 12.2. The standard InChI is InChI=1S/C18H22N2O2S/c1-11(2)9-14-10-16(23-13(14)4)18(22)20-19-17(21)15-8-6-5-7-12(15)3/h5-8,10-11H,9H2,1-4H3,(H,19,21)(H,20,22). The van der Waals surface area contributed by atoms with Crippen LogP contribution in [-0.2, 0) is 6.42 Å². The van der Waals surface area contributed by atoms with E-state index in [0.29, 0.717) is 16.4 Å². The summed E-state index contributed by atoms with van der Waals surface area (Å²) >= 11 is 1.45. The number of thiophene rings is 1. The molecule has 0 bridgehead atoms. The zero-order valence-electron chi connectivity index (χ0n) is 13.9. The molecule has 5 heteroatoms. The molecular formula is C18H22N2O2S. The summed E-state index contributed by atoms with van der Waals surface area (Å²) < 4.78 is 0. The van der Waals surface area contributed by atoms with E-state index in [1.165, 1.54) is 16.9 Å². The minimum atomic E-state index is -0.313. The molecule has 0 radical (unpaired) electrons. The maximum atomic E-state index is 12.2. The van der Waals surface area contributed by atoms with Crippen molar-refractivity contribution in [2.75, 3.05) is 0 Å². The normalized spacial score (nSPS) is 10.7. The van der Waals surface area contributed by atoms with Crippen molar-refractivity contribution in [3.63, 3.8) is 0 Å². The molecule has 0 atom stereocenters. The molecule has 1 heterocycles. The van der Waals surface area contributed by atoms with Crippen LogP contribution in [0.1, 0.15) is 49.9 Å². The third kappa shape index (κ3) is 4.42. The summed E-state index contributed by atoms with van der Waals surface area (Å²) in [7, 11) is 0. The van der Waals surface area contributed by atoms with Gasteiger partial charge in [0.25, 0.3) is 11.8 Å². The molecule has 0 fully saturated rings. The predicted molar refractivity (Wildman–Crippen MR) is 93.7 cm³/mol. The average Bonchev–Trinajstić information content (AvgIpc) is 2.85. The first-order valence-electron chi connectivity index (χ1n) is 7.64. The van der Waals surface area contributed by atoms with E-state index in [9.17, 15) is 9.59 Å². The van der Waals surface area contributed by atoms with Crippen molar-refractivity contribution in [2.45, 2.75) is 34.1 Å². The lowest BCUT2D eigenvalue weighted by Gasteiger charge is -2.08. The molecule has 2 aromatic rings. The summed E-state index contributed by atoms with van der Waals surface area (Å²) in [4.78, 5) is 26.1. The number of nitrogens with one attached hydrogen (secondary N) is 2. The number of carbonyl (C=O) groups is 2. The smallest absolute Gasteiger partial charge is 0.267 e. The molecule has 122 valence electrons. The zero-order chi connectivity index (χ0) is 17.0. The van der Waals surface area contributed by atoms with Crippen LogP contribution < -0.4 is 10.9 Å². The Morgan fingerprint density at radius 3 is 2.39 bits per heavy atom. The number of benzene rings is 1. The van der Waals surface area contributed by atoms with Crippen molar-refractivity contribution in [3.05, 3.63) is 56.8 Å². The molecule has 0 spiro atoms. The van der Waals surface area contributed by atoms with Crippen LogP contribution in [0.5, 0.6) is 0 Å². The third-order valence-electron chi connectivity index (χ3n) is 3.55. The molecule has 0 aliphatic heterocycles. The fourth-order valence-corrected chi connectivity index (χ4v) is 3.29. The average molecular weight is 330 g/mol. The van der Waals surface area contributed by atoms with Crippen LogP contribution in [0.15, 0.2) is 30.3 Å². The van der Waals surface area contributed by atoms with Gasteiger partial charge in [-0.1, -0.05) is 32.0 Å². The van der Waals surface area contributed by atoms with Crippen molar-refractivity contribution in [3.8, 4) is 0 Å². The first kappa shape index (κ1) is 17.2. The molecule has 4 nitrogen and oxygen atoms in total. The highest BCUT2D eigenvalue weighted by Crippen LogP contribution is 2.23. The minimum absolute atomic E-state index is 0.282. The molecule has 0 saturated heterocycles. The Labute approximate surface area is 140 Å². The fourth-order valence-electron chi connectivity index (χ4n) is 2.34. The van der Waals surface area contributed by atoms with Crippen LogP contribution in [0.2, 0.25) is 0 Å². The van der Waals surface area contributed by atoms with Crippen molar-refractivity contribution in [1.82, 2.24) is 10.9 Å². The van der Waals surface area contributed by atoms with Gasteiger partial charge in [0.15, 0.2) is 0 Å². The second-order valence-corrected chi connectivity index (χ2v) is 7.27. The van der Waals surface area contributed by atoms with E-state index in [0.717, 1.165) is 16.9 Å². The Kier molecular flexibility index (Phi) is 5.55. The Hall–Kier alpha value is -2.14. The molecular weight excluding hydrogens is 308 g/mol. The lowest BCUT2D eigenvalue weighted by Crippen LogP contribution is -2.41. The summed E-state index contributed by atoms with van der Waals surface area (Å²) in [6.07, 6.45) is 0.950. The van der Waals surface area contributed by atoms with E-state index >= 15 is 0 Å². The highest BCUT2D eigenvalue weighted by Gasteiger charge is 2.15. The van der Waals surface area contributed by atoms with Crippen LogP contribution in [0.3, 0.4) is 0 Å². The first-order valence-corrected chi connectivity index (χ1v) is 8.45. The lowest BCUT2D eigenvalue weighted by molar-refractivity contribution is 0.0848. The number of amides is 2. The van der Waals surface area contributed by atoms with Crippen LogP contribution in [0.25, 0.3) is 0 Å². The number of aryl methyl sites for hydroxylation is 2. The monoisotopic (exact) mass is 330 g/mol. The van der Waals surface area contributed by atoms with Gasteiger partial charge < -0.3 is 0 Å². The molecule has 0 aliphatic rings. The molecule has 2 amide bonds. The van der Waals surface area contributed by atoms with Crippen molar-refractivity contribution >= 4 is 23.2 Å². The second kappa shape index (κ2) is 7.42. The quantitative estimate of drug-likeness (QED) is 0.841. The van der Waals surface area contributed by atoms with Crippen LogP contribution in [-0.4, -0.2) is 11.8 Å². The van der Waals surface area contributed by atoms with Crippen molar-refractivity contribution < 1.29 is 9.59 Å². The fraction of sp³-hybridized carbons (Fsp3) is 0.333. The molecule has 2 rings (SSSR count). The highest BCUT2D eigenvalue weighted by atomic mass is 32.1. The Balaban J connectivity index is 2.00. The molecule has 0 aliphatic carbocycles. The van der Waals surface area contributed by atoms with E-state index in [-0.39, 0.29) is 11.8 Å². The number of carbonyl (C=O) groups excluding carboxylic acids is 2. The number of hydrogen-bond acceptors (Lipinski definition) is 3. The molecule has 23 heavy (non-hydrogen) atoms. The molecule has 1 aromatic carbocycles. The van der Waals surface area contributed by atoms with Gasteiger partial charge in [-0.25, -0.2) is 0 Å². The summed E-state index contributed by atoms with van der Waals surface area (Å²) in [5.74, 6) is -0.0536. The van der Waals surface area contributed by atoms with E-state index in [1.807, 2.05) is 32.0 Å². The number of rotatable bonds is 4. The highest BCUT2D eigenvalue weighted by molar-refractivity contribution is 7.14. The van der Waals surface area contributed by atoms with E-state index in [2.05, 4.69) is 24.7 Å². The molecule has 2 N–H and O–H groups in total. The van der Waals surface area contributed by atoms with Gasteiger partial charge in [-0.15, -0.1) is 11.3 Å². The summed E-state index contributed by atoms with van der Waals surface area (Å²) in [5, 5.41) is 0. The van der Waals surface area contributed by atoms with Gasteiger partial charge in [0.2, 0.25) is 0 Å². The van der Waals surface area contributed by atoms with Crippen LogP contribution in [0.4, 0.5) is 0 Å². The Bertz CT molecular complexity index is 720. The summed E-state index contributed by atoms with van der Waals surface area (Å²) in [6.45, 7) is 8.18. The predicted octanol–water partition coefficient (Wildman–Crippen LogP) is 3.64. The van der Waals surface area contributed by atoms with Gasteiger partial charge in [-0.2, -0.15) is 0 Å². The molecule has 1 aromatic heterocycles. The first-order chi connectivity index (χ1) is 10.9. The van der Waals surface area contributed by atoms with E-state index < -0.39 is 0 Å². The van der Waals surface area contributed by atoms with Gasteiger partial charge in [0.1, 0.15) is 0 Å². The van der Waals surface area contributed by atoms with Gasteiger partial charge in [0.05, 0.1) is 4.88 Å². The largest absolute Gasteiger partial charge is 0.279 e. The van der Waals surface area contributed by atoms with Gasteiger partial charge >= 0.3 is 0 Å². The Morgan fingerprint density at radius 1 is 1.09 bits per heavy atom. The van der Waals surface area contributed by atoms with Crippen molar-refractivity contribution in [1.29, 1.82) is 0 Å². The lowest BCUT2D eigenvalue weighted by atomic mass is 10.0. The summed E-state index contributed by atoms with van der Waals surface area (Å²) in [6, 6.07) is 9.17. The van der Waals surface area contributed by atoms with E-state index in [4.69, 9.17) is 0 Å². The Morgan fingerprint density at radius 2 is 1.74 bits per heavy atom. The van der Waals surface area contributed by atoms with E-state index in [1.54, 1.807) is 12.1 Å². The zero-order valence-corrected chi connectivity index (χ0v) is 14.7. The molecule has 0 saturated carbocycles. The maximum Gasteiger partial charge on any atom is 0.279 e. The van der Waals surface area contributed by atoms with Crippen LogP contribution >= 0.6 is 11.3 Å². The number of hydrogen-bond donors (Lipinski definition) is 2. The number of hydrazine groups is 1.